The van der Waals surface area contributed by atoms with Crippen LogP contribution in [0.3, 0.4) is 0 Å². The summed E-state index contributed by atoms with van der Waals surface area (Å²) in [5.74, 6) is -0.894. The summed E-state index contributed by atoms with van der Waals surface area (Å²) < 4.78 is 30.2. The minimum Gasteiger partial charge on any atom is -0.382 e. The molecule has 0 bridgehead atoms. The fraction of sp³-hybridized carbons (Fsp3) is 0.393. The van der Waals surface area contributed by atoms with Crippen molar-refractivity contribution in [1.29, 1.82) is 0 Å². The van der Waals surface area contributed by atoms with Gasteiger partial charge in [0, 0.05) is 17.0 Å². The molecular weight excluding hydrogens is 493 g/mol. The molecule has 3 aromatic heterocycles. The molecule has 4 aromatic rings. The molecule has 1 aliphatic carbocycles. The van der Waals surface area contributed by atoms with Gasteiger partial charge in [0.15, 0.2) is 5.79 Å². The first-order valence-corrected chi connectivity index (χ1v) is 12.8. The average Bonchev–Trinajstić information content (AvgIpc) is 3.42. The van der Waals surface area contributed by atoms with Crippen LogP contribution in [0.5, 0.6) is 0 Å². The van der Waals surface area contributed by atoms with Gasteiger partial charge in [0.1, 0.15) is 35.3 Å². The minimum atomic E-state index is -0.749. The van der Waals surface area contributed by atoms with E-state index in [1.54, 1.807) is 12.4 Å². The van der Waals surface area contributed by atoms with E-state index in [9.17, 15) is 4.39 Å². The third-order valence-corrected chi connectivity index (χ3v) is 7.97. The van der Waals surface area contributed by atoms with Crippen molar-refractivity contribution in [2.45, 2.75) is 64.6 Å². The van der Waals surface area contributed by atoms with Crippen molar-refractivity contribution in [1.82, 2.24) is 19.5 Å². The van der Waals surface area contributed by atoms with Crippen LogP contribution in [0.25, 0.3) is 21.9 Å². The fourth-order valence-electron chi connectivity index (χ4n) is 6.14. The van der Waals surface area contributed by atoms with Crippen LogP contribution >= 0.6 is 11.6 Å². The quantitative estimate of drug-likeness (QED) is 0.335. The number of ether oxygens (including phenoxy) is 2. The van der Waals surface area contributed by atoms with Crippen LogP contribution in [0.15, 0.2) is 48.4 Å². The predicted molar refractivity (Wildman–Crippen MR) is 142 cm³/mol. The van der Waals surface area contributed by atoms with Gasteiger partial charge >= 0.3 is 0 Å². The summed E-state index contributed by atoms with van der Waals surface area (Å²) in [4.78, 5) is 13.2. The molecule has 192 valence electrons. The van der Waals surface area contributed by atoms with Gasteiger partial charge in [0.25, 0.3) is 0 Å². The van der Waals surface area contributed by atoms with Crippen LogP contribution in [0.2, 0.25) is 5.02 Å². The normalized spacial score (nSPS) is 25.5. The Kier molecular flexibility index (Phi) is 5.39. The number of benzene rings is 1. The number of nitrogens with zero attached hydrogens (tertiary/aromatic N) is 4. The second-order valence-electron chi connectivity index (χ2n) is 10.8. The maximum Gasteiger partial charge on any atom is 0.164 e. The summed E-state index contributed by atoms with van der Waals surface area (Å²) in [6.45, 7) is 10.1. The molecule has 0 spiro atoms. The second kappa shape index (κ2) is 8.21. The molecule has 1 fully saturated rings. The van der Waals surface area contributed by atoms with Gasteiger partial charge in [-0.1, -0.05) is 24.6 Å². The van der Waals surface area contributed by atoms with Crippen LogP contribution in [-0.2, 0) is 15.9 Å². The Bertz CT molecular complexity index is 1600. The number of aryl methyl sites for hydroxylation is 1. The first-order valence-electron chi connectivity index (χ1n) is 12.4. The molecule has 7 nitrogen and oxygen atoms in total. The van der Waals surface area contributed by atoms with E-state index in [1.807, 2.05) is 39.1 Å². The van der Waals surface area contributed by atoms with Crippen molar-refractivity contribution in [3.63, 3.8) is 0 Å². The van der Waals surface area contributed by atoms with E-state index in [0.717, 1.165) is 27.9 Å². The van der Waals surface area contributed by atoms with E-state index < -0.39 is 11.4 Å². The number of rotatable bonds is 4. The number of halogens is 2. The predicted octanol–water partition coefficient (Wildman–Crippen LogP) is 5.93. The summed E-state index contributed by atoms with van der Waals surface area (Å²) in [5.41, 5.74) is 9.44. The van der Waals surface area contributed by atoms with E-state index in [1.165, 1.54) is 6.07 Å². The molecule has 1 aromatic carbocycles. The van der Waals surface area contributed by atoms with Gasteiger partial charge in [-0.2, -0.15) is 0 Å². The molecule has 2 aliphatic rings. The number of fused-ring (bicyclic) bond motifs is 3. The molecule has 4 heterocycles. The van der Waals surface area contributed by atoms with E-state index in [0.29, 0.717) is 17.3 Å². The molecule has 6 rings (SSSR count). The highest BCUT2D eigenvalue weighted by molar-refractivity contribution is 6.33. The van der Waals surface area contributed by atoms with Gasteiger partial charge in [0.2, 0.25) is 0 Å². The van der Waals surface area contributed by atoms with E-state index in [2.05, 4.69) is 39.4 Å². The molecule has 4 atom stereocenters. The lowest BCUT2D eigenvalue weighted by atomic mass is 9.83. The molecule has 0 saturated carbocycles. The maximum absolute atomic E-state index is 15.0. The van der Waals surface area contributed by atoms with Gasteiger partial charge in [0.05, 0.1) is 22.3 Å². The molecule has 1 aliphatic heterocycles. The standard InChI is InChI=1S/C28H29ClFN5O2/c1-14(8-16-9-21(30)18-11-20(29)25(31)34-22(18)10-16)19-12-23(24-28(19,5)37-27(3,4)36-24)35-7-6-17-15(2)32-13-33-26(17)35/h6-7,9-14,23-24H,8H2,1-5H3,(H2,31,34)/t14?,23-,24+,28-/m1/s1. The second-order valence-corrected chi connectivity index (χ2v) is 11.2. The Hall–Kier alpha value is -3.07. The summed E-state index contributed by atoms with van der Waals surface area (Å²) in [6.07, 6.45) is 6.21. The topological polar surface area (TPSA) is 88.1 Å². The number of anilines is 1. The minimum absolute atomic E-state index is 0.0367. The van der Waals surface area contributed by atoms with E-state index in [4.69, 9.17) is 26.8 Å². The highest BCUT2D eigenvalue weighted by Gasteiger charge is 2.59. The Morgan fingerprint density at radius 2 is 1.97 bits per heavy atom. The highest BCUT2D eigenvalue weighted by Crippen LogP contribution is 2.53. The van der Waals surface area contributed by atoms with Crippen LogP contribution in [0.1, 0.15) is 45.0 Å². The summed E-state index contributed by atoms with van der Waals surface area (Å²) in [7, 11) is 0. The Balaban J connectivity index is 1.40. The fourth-order valence-corrected chi connectivity index (χ4v) is 6.29. The van der Waals surface area contributed by atoms with Crippen LogP contribution < -0.4 is 5.73 Å². The lowest BCUT2D eigenvalue weighted by Crippen LogP contribution is -2.40. The van der Waals surface area contributed by atoms with E-state index in [-0.39, 0.29) is 34.7 Å². The van der Waals surface area contributed by atoms with Gasteiger partial charge < -0.3 is 19.8 Å². The molecule has 37 heavy (non-hydrogen) atoms. The van der Waals surface area contributed by atoms with Crippen LogP contribution in [0, 0.1) is 18.7 Å². The molecular formula is C28H29ClFN5O2. The maximum atomic E-state index is 15.0. The van der Waals surface area contributed by atoms with Crippen molar-refractivity contribution >= 4 is 39.4 Å². The number of pyridine rings is 1. The number of hydrogen-bond donors (Lipinski definition) is 1. The van der Waals surface area contributed by atoms with Crippen molar-refractivity contribution < 1.29 is 13.9 Å². The average molecular weight is 522 g/mol. The van der Waals surface area contributed by atoms with E-state index >= 15 is 0 Å². The Morgan fingerprint density at radius 3 is 2.76 bits per heavy atom. The monoisotopic (exact) mass is 521 g/mol. The SMILES string of the molecule is Cc1ncnc2c1ccn2[C@@H]1C=C(C(C)Cc2cc(F)c3cc(Cl)c(N)nc3c2)[C@@]2(C)OC(C)(C)O[C@@H]12. The Morgan fingerprint density at radius 1 is 1.19 bits per heavy atom. The van der Waals surface area contributed by atoms with Crippen molar-refractivity contribution in [3.05, 3.63) is 70.5 Å². The van der Waals surface area contributed by atoms with Gasteiger partial charge in [-0.05, 0) is 75.4 Å². The number of aromatic nitrogens is 4. The highest BCUT2D eigenvalue weighted by atomic mass is 35.5. The van der Waals surface area contributed by atoms with Gasteiger partial charge in [-0.25, -0.2) is 19.3 Å². The zero-order valence-corrected chi connectivity index (χ0v) is 22.2. The summed E-state index contributed by atoms with van der Waals surface area (Å²) >= 11 is 6.06. The first-order chi connectivity index (χ1) is 17.5. The lowest BCUT2D eigenvalue weighted by Gasteiger charge is -2.31. The molecule has 0 radical (unpaired) electrons. The van der Waals surface area contributed by atoms with Crippen LogP contribution in [0.4, 0.5) is 10.2 Å². The summed E-state index contributed by atoms with van der Waals surface area (Å²) in [5, 5.41) is 1.61. The molecule has 0 amide bonds. The molecule has 9 heteroatoms. The molecule has 1 unspecified atom stereocenters. The van der Waals surface area contributed by atoms with Crippen molar-refractivity contribution in [2.75, 3.05) is 5.73 Å². The van der Waals surface area contributed by atoms with Crippen LogP contribution in [-0.4, -0.2) is 37.0 Å². The van der Waals surface area contributed by atoms with Crippen molar-refractivity contribution in [2.24, 2.45) is 5.92 Å². The third-order valence-electron chi connectivity index (χ3n) is 7.67. The number of nitrogen functional groups attached to an aromatic ring is 1. The molecule has 1 saturated heterocycles. The first kappa shape index (κ1) is 24.3. The number of nitrogens with two attached hydrogens (primary N) is 1. The largest absolute Gasteiger partial charge is 0.382 e. The third kappa shape index (κ3) is 3.81. The lowest BCUT2D eigenvalue weighted by molar-refractivity contribution is -0.158. The van der Waals surface area contributed by atoms with Gasteiger partial charge in [-0.15, -0.1) is 0 Å². The zero-order valence-electron chi connectivity index (χ0n) is 21.4. The van der Waals surface area contributed by atoms with Crippen molar-refractivity contribution in [3.8, 4) is 0 Å². The molecule has 2 N–H and O–H groups in total. The zero-order chi connectivity index (χ0) is 26.3. The summed E-state index contributed by atoms with van der Waals surface area (Å²) in [6, 6.07) is 6.88. The number of hydrogen-bond acceptors (Lipinski definition) is 6. The Labute approximate surface area is 219 Å². The smallest absolute Gasteiger partial charge is 0.164 e. The van der Waals surface area contributed by atoms with Gasteiger partial charge in [-0.3, -0.25) is 0 Å².